The van der Waals surface area contributed by atoms with Gasteiger partial charge in [-0.15, -0.1) is 5.10 Å². The molecule has 11 heteroatoms. The van der Waals surface area contributed by atoms with E-state index in [4.69, 9.17) is 13.9 Å². The molecule has 0 aliphatic heterocycles. The van der Waals surface area contributed by atoms with Crippen molar-refractivity contribution < 1.29 is 31.5 Å². The number of benzene rings is 2. The summed E-state index contributed by atoms with van der Waals surface area (Å²) in [6.45, 7) is 0. The Bertz CT molecular complexity index is 1110. The van der Waals surface area contributed by atoms with Crippen molar-refractivity contribution in [2.75, 3.05) is 25.3 Å². The average Bonchev–Trinajstić information content (AvgIpc) is 3.15. The van der Waals surface area contributed by atoms with Crippen molar-refractivity contribution in [3.05, 3.63) is 48.3 Å². The molecule has 1 N–H and O–H groups in total. The van der Waals surface area contributed by atoms with E-state index < -0.39 is 27.3 Å². The number of halogens is 1. The van der Waals surface area contributed by atoms with Crippen LogP contribution in [0, 0.1) is 5.82 Å². The Morgan fingerprint density at radius 1 is 1.07 bits per heavy atom. The molecule has 0 saturated carbocycles. The van der Waals surface area contributed by atoms with Crippen molar-refractivity contribution in [1.82, 2.24) is 10.2 Å². The Balaban J connectivity index is 1.73. The van der Waals surface area contributed by atoms with E-state index in [1.54, 1.807) is 18.2 Å². The van der Waals surface area contributed by atoms with Crippen LogP contribution in [0.1, 0.15) is 0 Å². The number of hydrogen-bond acceptors (Lipinski definition) is 8. The molecule has 1 heterocycles. The summed E-state index contributed by atoms with van der Waals surface area (Å²) in [5, 5.41) is 9.74. The summed E-state index contributed by atoms with van der Waals surface area (Å²) in [6.07, 6.45) is 0. The van der Waals surface area contributed by atoms with Crippen LogP contribution in [0.25, 0.3) is 11.5 Å². The Labute approximate surface area is 165 Å². The van der Waals surface area contributed by atoms with Crippen molar-refractivity contribution in [3.8, 4) is 23.0 Å². The Hall–Kier alpha value is -3.47. The van der Waals surface area contributed by atoms with Gasteiger partial charge in [-0.3, -0.25) is 10.1 Å². The number of carbonyl (C=O) groups is 1. The highest BCUT2D eigenvalue weighted by Crippen LogP contribution is 2.29. The Morgan fingerprint density at radius 3 is 2.28 bits per heavy atom. The molecule has 2 aromatic carbocycles. The molecule has 0 unspecified atom stereocenters. The molecule has 1 amide bonds. The SMILES string of the molecule is COc1cc(OC)cc(-c2nnc(NC(=O)CS(=O)(=O)c3ccc(F)cc3)o2)c1. The number of methoxy groups -OCH3 is 2. The highest BCUT2D eigenvalue weighted by Gasteiger charge is 2.21. The van der Waals surface area contributed by atoms with E-state index in [9.17, 15) is 17.6 Å². The topological polar surface area (TPSA) is 121 Å². The molecule has 3 rings (SSSR count). The van der Waals surface area contributed by atoms with Crippen molar-refractivity contribution in [2.24, 2.45) is 0 Å². The van der Waals surface area contributed by atoms with E-state index in [2.05, 4.69) is 15.5 Å². The first-order chi connectivity index (χ1) is 13.8. The number of nitrogens with one attached hydrogen (secondary N) is 1. The quantitative estimate of drug-likeness (QED) is 0.577. The summed E-state index contributed by atoms with van der Waals surface area (Å²) < 4.78 is 53.1. The van der Waals surface area contributed by atoms with Gasteiger partial charge in [0.25, 0.3) is 0 Å². The van der Waals surface area contributed by atoms with Crippen molar-refractivity contribution in [2.45, 2.75) is 4.90 Å². The molecular weight excluding hydrogens is 405 g/mol. The number of amides is 1. The number of carbonyl (C=O) groups excluding carboxylic acids is 1. The van der Waals surface area contributed by atoms with Gasteiger partial charge in [-0.05, 0) is 36.4 Å². The molecule has 0 saturated heterocycles. The Morgan fingerprint density at radius 2 is 1.69 bits per heavy atom. The van der Waals surface area contributed by atoms with Crippen LogP contribution in [0.3, 0.4) is 0 Å². The first-order valence-electron chi connectivity index (χ1n) is 8.16. The van der Waals surface area contributed by atoms with Gasteiger partial charge in [-0.1, -0.05) is 5.10 Å². The van der Waals surface area contributed by atoms with Crippen LogP contribution in [-0.4, -0.2) is 44.5 Å². The molecule has 152 valence electrons. The van der Waals surface area contributed by atoms with Crippen molar-refractivity contribution in [3.63, 3.8) is 0 Å². The molecule has 3 aromatic rings. The third-order valence-corrected chi connectivity index (χ3v) is 5.40. The third kappa shape index (κ3) is 4.88. The molecule has 29 heavy (non-hydrogen) atoms. The van der Waals surface area contributed by atoms with Crippen molar-refractivity contribution in [1.29, 1.82) is 0 Å². The molecule has 0 radical (unpaired) electrons. The minimum Gasteiger partial charge on any atom is -0.497 e. The van der Waals surface area contributed by atoms with Gasteiger partial charge in [0.1, 0.15) is 23.1 Å². The lowest BCUT2D eigenvalue weighted by atomic mass is 10.2. The van der Waals surface area contributed by atoms with Gasteiger partial charge in [0.05, 0.1) is 19.1 Å². The molecule has 0 fully saturated rings. The molecule has 1 aromatic heterocycles. The fraction of sp³-hybridized carbons (Fsp3) is 0.167. The molecular formula is C18H16FN3O6S. The second-order valence-electron chi connectivity index (χ2n) is 5.77. The molecule has 0 spiro atoms. The van der Waals surface area contributed by atoms with Gasteiger partial charge < -0.3 is 13.9 Å². The number of nitrogens with zero attached hydrogens (tertiary/aromatic N) is 2. The minimum absolute atomic E-state index is 0.0684. The van der Waals surface area contributed by atoms with Gasteiger partial charge in [0, 0.05) is 11.6 Å². The standard InChI is InChI=1S/C18H16FN3O6S/c1-26-13-7-11(8-14(9-13)27-2)17-21-22-18(28-17)20-16(23)10-29(24,25)15-5-3-12(19)4-6-15/h3-9H,10H2,1-2H3,(H,20,22,23). The van der Waals surface area contributed by atoms with E-state index in [1.165, 1.54) is 14.2 Å². The molecule has 0 atom stereocenters. The molecule has 0 aliphatic rings. The van der Waals surface area contributed by atoms with Gasteiger partial charge >= 0.3 is 6.01 Å². The maximum Gasteiger partial charge on any atom is 0.322 e. The molecule has 0 bridgehead atoms. The maximum absolute atomic E-state index is 12.9. The van der Waals surface area contributed by atoms with Crippen LogP contribution in [0.15, 0.2) is 51.8 Å². The highest BCUT2D eigenvalue weighted by atomic mass is 32.2. The summed E-state index contributed by atoms with van der Waals surface area (Å²) in [6, 6.07) is 8.79. The highest BCUT2D eigenvalue weighted by molar-refractivity contribution is 7.92. The monoisotopic (exact) mass is 421 g/mol. The van der Waals surface area contributed by atoms with Crippen LogP contribution in [0.5, 0.6) is 11.5 Å². The second-order valence-corrected chi connectivity index (χ2v) is 7.76. The fourth-order valence-corrected chi connectivity index (χ4v) is 3.51. The van der Waals surface area contributed by atoms with Gasteiger partial charge in [-0.2, -0.15) is 0 Å². The summed E-state index contributed by atoms with van der Waals surface area (Å²) in [5.41, 5.74) is 0.480. The van der Waals surface area contributed by atoms with E-state index in [1.807, 2.05) is 0 Å². The number of rotatable bonds is 7. The van der Waals surface area contributed by atoms with Crippen LogP contribution >= 0.6 is 0 Å². The number of aromatic nitrogens is 2. The van der Waals surface area contributed by atoms with E-state index in [0.717, 1.165) is 24.3 Å². The van der Waals surface area contributed by atoms with E-state index >= 15 is 0 Å². The van der Waals surface area contributed by atoms with E-state index in [0.29, 0.717) is 17.1 Å². The van der Waals surface area contributed by atoms with Gasteiger partial charge in [-0.25, -0.2) is 12.8 Å². The largest absolute Gasteiger partial charge is 0.497 e. The zero-order valence-electron chi connectivity index (χ0n) is 15.4. The van der Waals surface area contributed by atoms with Crippen LogP contribution < -0.4 is 14.8 Å². The second kappa shape index (κ2) is 8.27. The van der Waals surface area contributed by atoms with Gasteiger partial charge in [0.2, 0.25) is 11.8 Å². The maximum atomic E-state index is 12.9. The molecule has 9 nitrogen and oxygen atoms in total. The summed E-state index contributed by atoms with van der Waals surface area (Å²) in [4.78, 5) is 11.9. The number of ether oxygens (including phenoxy) is 2. The number of hydrogen-bond donors (Lipinski definition) is 1. The summed E-state index contributed by atoms with van der Waals surface area (Å²) in [5.74, 6) is -1.28. The zero-order chi connectivity index (χ0) is 21.0. The Kier molecular flexibility index (Phi) is 5.78. The lowest BCUT2D eigenvalue weighted by Gasteiger charge is -2.06. The predicted molar refractivity (Wildman–Crippen MR) is 99.9 cm³/mol. The lowest BCUT2D eigenvalue weighted by molar-refractivity contribution is -0.114. The van der Waals surface area contributed by atoms with Crippen LogP contribution in [0.4, 0.5) is 10.4 Å². The summed E-state index contributed by atoms with van der Waals surface area (Å²) in [7, 11) is -0.990. The number of sulfone groups is 1. The third-order valence-electron chi connectivity index (χ3n) is 3.76. The molecule has 0 aliphatic carbocycles. The normalized spacial score (nSPS) is 11.1. The van der Waals surface area contributed by atoms with Crippen LogP contribution in [0.2, 0.25) is 0 Å². The van der Waals surface area contributed by atoms with E-state index in [-0.39, 0.29) is 16.8 Å². The predicted octanol–water partition coefficient (Wildman–Crippen LogP) is 2.31. The first kappa shape index (κ1) is 20.3. The smallest absolute Gasteiger partial charge is 0.322 e. The average molecular weight is 421 g/mol. The minimum atomic E-state index is -3.96. The first-order valence-corrected chi connectivity index (χ1v) is 9.81. The van der Waals surface area contributed by atoms with Gasteiger partial charge in [0.15, 0.2) is 9.84 Å². The lowest BCUT2D eigenvalue weighted by Crippen LogP contribution is -2.23. The number of anilines is 1. The summed E-state index contributed by atoms with van der Waals surface area (Å²) >= 11 is 0. The van der Waals surface area contributed by atoms with Crippen LogP contribution in [-0.2, 0) is 14.6 Å². The zero-order valence-corrected chi connectivity index (χ0v) is 16.2. The fourth-order valence-electron chi connectivity index (χ4n) is 2.37. The van der Waals surface area contributed by atoms with Crippen molar-refractivity contribution >= 4 is 21.8 Å².